The van der Waals surface area contributed by atoms with Crippen LogP contribution in [0.5, 0.6) is 0 Å². The topological polar surface area (TPSA) is 35.6 Å². The van der Waals surface area contributed by atoms with Gasteiger partial charge in [0.1, 0.15) is 5.52 Å². The number of fused-ring (bicyclic) bond motifs is 2. The summed E-state index contributed by atoms with van der Waals surface area (Å²) in [5.74, 6) is -1.17. The third-order valence-electron chi connectivity index (χ3n) is 4.60. The number of rotatable bonds is 1. The minimum atomic E-state index is -4.70. The van der Waals surface area contributed by atoms with Crippen molar-refractivity contribution in [2.24, 2.45) is 14.1 Å². The summed E-state index contributed by atoms with van der Waals surface area (Å²) in [6.45, 7) is 0. The highest BCUT2D eigenvalue weighted by Crippen LogP contribution is 2.43. The summed E-state index contributed by atoms with van der Waals surface area (Å²) in [6, 6.07) is 8.49. The number of imidazole rings is 1. The summed E-state index contributed by atoms with van der Waals surface area (Å²) in [5.41, 5.74) is -1.04. The highest BCUT2D eigenvalue weighted by molar-refractivity contribution is 5.92. The van der Waals surface area contributed by atoms with Crippen molar-refractivity contribution in [1.29, 1.82) is 0 Å². The lowest BCUT2D eigenvalue weighted by Crippen LogP contribution is -2.12. The van der Waals surface area contributed by atoms with Crippen molar-refractivity contribution in [3.63, 3.8) is 0 Å². The second-order valence-corrected chi connectivity index (χ2v) is 6.33. The quantitative estimate of drug-likeness (QED) is 0.415. The molecule has 4 rings (SSSR count). The standard InChI is InChI=1S/C18H12F6N4/c1-27-12-6-4-3-5-9(12)13(17(19,20)21)14(27)10-7-8-11-15(25-10)28(2)16(26-11)18(22,23)24/h3-8H,1-2H3. The van der Waals surface area contributed by atoms with Gasteiger partial charge in [0.05, 0.1) is 17.0 Å². The average molecular weight is 398 g/mol. The number of pyridine rings is 1. The van der Waals surface area contributed by atoms with Gasteiger partial charge in [-0.25, -0.2) is 9.97 Å². The molecule has 0 unspecified atom stereocenters. The minimum absolute atomic E-state index is 0.00427. The summed E-state index contributed by atoms with van der Waals surface area (Å²) in [5, 5.41) is -0.00427. The van der Waals surface area contributed by atoms with Crippen LogP contribution in [-0.2, 0) is 26.4 Å². The molecule has 0 N–H and O–H groups in total. The van der Waals surface area contributed by atoms with Gasteiger partial charge >= 0.3 is 12.4 Å². The minimum Gasteiger partial charge on any atom is -0.342 e. The molecule has 0 spiro atoms. The van der Waals surface area contributed by atoms with Crippen LogP contribution in [-0.4, -0.2) is 19.1 Å². The van der Waals surface area contributed by atoms with E-state index in [0.29, 0.717) is 5.52 Å². The fraction of sp³-hybridized carbons (Fsp3) is 0.222. The van der Waals surface area contributed by atoms with Crippen LogP contribution in [0.25, 0.3) is 33.5 Å². The SMILES string of the molecule is Cn1c(-c2ccc3nc(C(F)(F)F)n(C)c3n2)c(C(F)(F)F)c2ccccc21. The van der Waals surface area contributed by atoms with Gasteiger partial charge in [0.2, 0.25) is 5.82 Å². The fourth-order valence-corrected chi connectivity index (χ4v) is 3.43. The number of aromatic nitrogens is 4. The van der Waals surface area contributed by atoms with Crippen molar-refractivity contribution in [2.45, 2.75) is 12.4 Å². The molecule has 4 aromatic rings. The number of aryl methyl sites for hydroxylation is 2. The normalized spacial score (nSPS) is 13.0. The van der Waals surface area contributed by atoms with Crippen molar-refractivity contribution in [3.8, 4) is 11.4 Å². The molecule has 0 amide bonds. The van der Waals surface area contributed by atoms with Gasteiger partial charge in [0.25, 0.3) is 0 Å². The lowest BCUT2D eigenvalue weighted by Gasteiger charge is -2.11. The first-order valence-electron chi connectivity index (χ1n) is 8.06. The Balaban J connectivity index is 2.05. The molecule has 0 aliphatic heterocycles. The molecule has 0 saturated heterocycles. The number of hydrogen-bond acceptors (Lipinski definition) is 2. The van der Waals surface area contributed by atoms with Gasteiger partial charge in [-0.1, -0.05) is 18.2 Å². The largest absolute Gasteiger partial charge is 0.449 e. The molecule has 0 radical (unpaired) electrons. The van der Waals surface area contributed by atoms with Gasteiger partial charge in [-0.05, 0) is 18.2 Å². The average Bonchev–Trinajstić information content (AvgIpc) is 3.10. The van der Waals surface area contributed by atoms with Crippen LogP contribution < -0.4 is 0 Å². The van der Waals surface area contributed by atoms with Crippen LogP contribution in [0, 0.1) is 0 Å². The zero-order valence-corrected chi connectivity index (χ0v) is 14.5. The molecular formula is C18H12F6N4. The molecule has 1 aromatic carbocycles. The van der Waals surface area contributed by atoms with Crippen molar-refractivity contribution >= 4 is 22.1 Å². The van der Waals surface area contributed by atoms with Crippen LogP contribution in [0.3, 0.4) is 0 Å². The van der Waals surface area contributed by atoms with Crippen LogP contribution in [0.1, 0.15) is 11.4 Å². The number of para-hydroxylation sites is 1. The van der Waals surface area contributed by atoms with E-state index < -0.39 is 23.7 Å². The Bertz CT molecular complexity index is 1210. The van der Waals surface area contributed by atoms with Gasteiger partial charge < -0.3 is 9.13 Å². The van der Waals surface area contributed by atoms with E-state index in [0.717, 1.165) is 11.6 Å². The molecule has 0 atom stereocenters. The second kappa shape index (κ2) is 5.73. The zero-order valence-electron chi connectivity index (χ0n) is 14.5. The Morgan fingerprint density at radius 2 is 1.46 bits per heavy atom. The van der Waals surface area contributed by atoms with Crippen molar-refractivity contribution in [3.05, 3.63) is 47.8 Å². The predicted octanol–water partition coefficient (Wildman–Crippen LogP) is 5.16. The van der Waals surface area contributed by atoms with E-state index in [1.165, 1.54) is 35.9 Å². The third-order valence-corrected chi connectivity index (χ3v) is 4.60. The van der Waals surface area contributed by atoms with Gasteiger partial charge in [-0.3, -0.25) is 0 Å². The number of alkyl halides is 6. The molecule has 0 aliphatic rings. The van der Waals surface area contributed by atoms with Crippen molar-refractivity contribution in [2.75, 3.05) is 0 Å². The van der Waals surface area contributed by atoms with Gasteiger partial charge in [-0.15, -0.1) is 0 Å². The Kier molecular flexibility index (Phi) is 3.75. The number of benzene rings is 1. The van der Waals surface area contributed by atoms with Crippen LogP contribution in [0.4, 0.5) is 26.3 Å². The van der Waals surface area contributed by atoms with Gasteiger partial charge in [0, 0.05) is 25.0 Å². The summed E-state index contributed by atoms with van der Waals surface area (Å²) >= 11 is 0. The summed E-state index contributed by atoms with van der Waals surface area (Å²) in [4.78, 5) is 7.59. The van der Waals surface area contributed by atoms with Gasteiger partial charge in [-0.2, -0.15) is 26.3 Å². The number of halogens is 6. The maximum absolute atomic E-state index is 13.8. The van der Waals surface area contributed by atoms with E-state index in [-0.39, 0.29) is 27.9 Å². The van der Waals surface area contributed by atoms with E-state index in [2.05, 4.69) is 9.97 Å². The Hall–Kier alpha value is -3.04. The molecule has 4 nitrogen and oxygen atoms in total. The molecule has 0 aliphatic carbocycles. The lowest BCUT2D eigenvalue weighted by molar-refractivity contribution is -0.146. The number of hydrogen-bond donors (Lipinski definition) is 0. The Morgan fingerprint density at radius 1 is 0.786 bits per heavy atom. The molecule has 0 fully saturated rings. The smallest absolute Gasteiger partial charge is 0.342 e. The van der Waals surface area contributed by atoms with Crippen LogP contribution in [0.15, 0.2) is 36.4 Å². The van der Waals surface area contributed by atoms with Crippen LogP contribution >= 0.6 is 0 Å². The van der Waals surface area contributed by atoms with Crippen molar-refractivity contribution in [1.82, 2.24) is 19.1 Å². The molecule has 3 heterocycles. The first kappa shape index (κ1) is 18.3. The Morgan fingerprint density at radius 3 is 2.11 bits per heavy atom. The molecule has 3 aromatic heterocycles. The highest BCUT2D eigenvalue weighted by atomic mass is 19.4. The van der Waals surface area contributed by atoms with Crippen molar-refractivity contribution < 1.29 is 26.3 Å². The molecular weight excluding hydrogens is 386 g/mol. The molecule has 0 saturated carbocycles. The maximum atomic E-state index is 13.8. The summed E-state index contributed by atoms with van der Waals surface area (Å²) in [6.07, 6.45) is -9.37. The van der Waals surface area contributed by atoms with E-state index in [1.807, 2.05) is 0 Å². The lowest BCUT2D eigenvalue weighted by atomic mass is 10.1. The van der Waals surface area contributed by atoms with E-state index >= 15 is 0 Å². The molecule has 146 valence electrons. The molecule has 10 heteroatoms. The summed E-state index contributed by atoms with van der Waals surface area (Å²) in [7, 11) is 2.59. The fourth-order valence-electron chi connectivity index (χ4n) is 3.43. The third kappa shape index (κ3) is 2.62. The van der Waals surface area contributed by atoms with E-state index in [1.54, 1.807) is 12.1 Å². The first-order valence-corrected chi connectivity index (χ1v) is 8.06. The van der Waals surface area contributed by atoms with E-state index in [9.17, 15) is 26.3 Å². The van der Waals surface area contributed by atoms with Gasteiger partial charge in [0.15, 0.2) is 5.65 Å². The highest BCUT2D eigenvalue weighted by Gasteiger charge is 2.40. The molecule has 28 heavy (non-hydrogen) atoms. The predicted molar refractivity (Wildman–Crippen MR) is 90.4 cm³/mol. The number of nitrogens with zero attached hydrogens (tertiary/aromatic N) is 4. The van der Waals surface area contributed by atoms with E-state index in [4.69, 9.17) is 0 Å². The monoisotopic (exact) mass is 398 g/mol. The molecule has 0 bridgehead atoms. The first-order chi connectivity index (χ1) is 13.0. The summed E-state index contributed by atoms with van der Waals surface area (Å²) < 4.78 is 82.8. The maximum Gasteiger partial charge on any atom is 0.449 e. The second-order valence-electron chi connectivity index (χ2n) is 6.33. The van der Waals surface area contributed by atoms with Crippen LogP contribution in [0.2, 0.25) is 0 Å². The zero-order chi connectivity index (χ0) is 20.4. The Labute approximate surface area is 154 Å².